The normalized spacial score (nSPS) is 16.1. The molecule has 0 bridgehead atoms. The zero-order valence-electron chi connectivity index (χ0n) is 18.9. The zero-order chi connectivity index (χ0) is 24.5. The summed E-state index contributed by atoms with van der Waals surface area (Å²) in [5.74, 6) is 0.319. The highest BCUT2D eigenvalue weighted by Crippen LogP contribution is 2.33. The minimum atomic E-state index is -0.436. The molecule has 0 amide bonds. The van der Waals surface area contributed by atoms with Gasteiger partial charge in [-0.2, -0.15) is 4.98 Å². The van der Waals surface area contributed by atoms with Crippen molar-refractivity contribution in [2.75, 3.05) is 25.5 Å². The van der Waals surface area contributed by atoms with Crippen molar-refractivity contribution in [1.82, 2.24) is 19.6 Å². The Balaban J connectivity index is 1.47. The molecule has 180 valence electrons. The van der Waals surface area contributed by atoms with Gasteiger partial charge in [0.25, 0.3) is 5.56 Å². The SMILES string of the molecule is COn1c(=O)c(-c2c(Cl)cccc2Cl)cc2cnc(Nc3cccc(CN4CC[C@@H](O)C4)c3)nc21. The third kappa shape index (κ3) is 4.83. The summed E-state index contributed by atoms with van der Waals surface area (Å²) in [4.78, 5) is 29.8. The lowest BCUT2D eigenvalue weighted by Crippen LogP contribution is -2.27. The van der Waals surface area contributed by atoms with E-state index in [1.807, 2.05) is 24.3 Å². The third-order valence-electron chi connectivity index (χ3n) is 5.95. The van der Waals surface area contributed by atoms with Crippen molar-refractivity contribution >= 4 is 45.9 Å². The van der Waals surface area contributed by atoms with Crippen molar-refractivity contribution in [3.63, 3.8) is 0 Å². The molecule has 0 spiro atoms. The van der Waals surface area contributed by atoms with Gasteiger partial charge < -0.3 is 15.3 Å². The maximum Gasteiger partial charge on any atom is 0.293 e. The highest BCUT2D eigenvalue weighted by molar-refractivity contribution is 6.39. The Hall–Kier alpha value is -3.17. The summed E-state index contributed by atoms with van der Waals surface area (Å²) in [7, 11) is 1.40. The summed E-state index contributed by atoms with van der Waals surface area (Å²) >= 11 is 12.7. The number of aliphatic hydroxyl groups excluding tert-OH is 1. The van der Waals surface area contributed by atoms with Crippen molar-refractivity contribution in [3.05, 3.63) is 80.7 Å². The predicted octanol–water partition coefficient (Wildman–Crippen LogP) is 4.13. The summed E-state index contributed by atoms with van der Waals surface area (Å²) in [6.07, 6.45) is 2.16. The Morgan fingerprint density at radius 3 is 2.66 bits per heavy atom. The van der Waals surface area contributed by atoms with Crippen molar-refractivity contribution in [2.24, 2.45) is 0 Å². The molecule has 5 rings (SSSR count). The third-order valence-corrected chi connectivity index (χ3v) is 6.58. The van der Waals surface area contributed by atoms with Gasteiger partial charge in [0.15, 0.2) is 5.65 Å². The average Bonchev–Trinajstić information content (AvgIpc) is 3.24. The van der Waals surface area contributed by atoms with Crippen LogP contribution in [0, 0.1) is 0 Å². The highest BCUT2D eigenvalue weighted by atomic mass is 35.5. The van der Waals surface area contributed by atoms with E-state index in [-0.39, 0.29) is 6.10 Å². The number of hydrogen-bond acceptors (Lipinski definition) is 7. The number of rotatable bonds is 6. The van der Waals surface area contributed by atoms with E-state index in [4.69, 9.17) is 28.0 Å². The number of benzene rings is 2. The van der Waals surface area contributed by atoms with Crippen LogP contribution in [0.4, 0.5) is 11.6 Å². The molecule has 1 aliphatic heterocycles. The molecule has 0 radical (unpaired) electrons. The van der Waals surface area contributed by atoms with Crippen LogP contribution in [-0.2, 0) is 6.54 Å². The molecule has 2 aromatic carbocycles. The number of aliphatic hydroxyl groups is 1. The van der Waals surface area contributed by atoms with E-state index in [2.05, 4.69) is 20.2 Å². The summed E-state index contributed by atoms with van der Waals surface area (Å²) < 4.78 is 1.10. The van der Waals surface area contributed by atoms with Crippen molar-refractivity contribution in [1.29, 1.82) is 0 Å². The van der Waals surface area contributed by atoms with Crippen LogP contribution in [0.15, 0.2) is 59.5 Å². The molecule has 10 heteroatoms. The molecule has 2 aromatic heterocycles. The molecule has 35 heavy (non-hydrogen) atoms. The lowest BCUT2D eigenvalue weighted by molar-refractivity contribution is 0.168. The predicted molar refractivity (Wildman–Crippen MR) is 137 cm³/mol. The first-order valence-corrected chi connectivity index (χ1v) is 11.9. The van der Waals surface area contributed by atoms with Gasteiger partial charge in [-0.3, -0.25) is 9.69 Å². The number of likely N-dealkylation sites (tertiary alicyclic amines) is 1. The van der Waals surface area contributed by atoms with Gasteiger partial charge in [-0.25, -0.2) is 4.98 Å². The van der Waals surface area contributed by atoms with E-state index in [9.17, 15) is 9.90 Å². The number of fused-ring (bicyclic) bond motifs is 1. The van der Waals surface area contributed by atoms with Crippen LogP contribution in [0.3, 0.4) is 0 Å². The fraction of sp³-hybridized carbons (Fsp3) is 0.240. The molecule has 0 saturated carbocycles. The maximum atomic E-state index is 13.2. The first kappa shape index (κ1) is 23.6. The quantitative estimate of drug-likeness (QED) is 0.401. The largest absolute Gasteiger partial charge is 0.412 e. The molecule has 2 N–H and O–H groups in total. The minimum Gasteiger partial charge on any atom is -0.412 e. The molecule has 1 fully saturated rings. The van der Waals surface area contributed by atoms with Crippen molar-refractivity contribution < 1.29 is 9.94 Å². The van der Waals surface area contributed by atoms with Crippen LogP contribution in [0.5, 0.6) is 0 Å². The molecule has 1 atom stereocenters. The molecule has 4 aromatic rings. The number of nitrogens with zero attached hydrogens (tertiary/aromatic N) is 4. The number of aromatic nitrogens is 3. The summed E-state index contributed by atoms with van der Waals surface area (Å²) in [5.41, 5.74) is 2.52. The number of anilines is 2. The van der Waals surface area contributed by atoms with Gasteiger partial charge >= 0.3 is 0 Å². The van der Waals surface area contributed by atoms with Gasteiger partial charge in [0, 0.05) is 42.5 Å². The standard InChI is InChI=1S/C25H23Cl2N5O3/c1-35-32-23-16(11-19(24(32)34)22-20(26)6-3-7-21(22)27)12-28-25(30-23)29-17-5-2-4-15(10-17)13-31-9-8-18(33)14-31/h2-7,10-12,18,33H,8-9,13-14H2,1H3,(H,28,29,30)/t18-/m1/s1. The molecule has 8 nitrogen and oxygen atoms in total. The highest BCUT2D eigenvalue weighted by Gasteiger charge is 2.20. The molecule has 0 aliphatic carbocycles. The van der Waals surface area contributed by atoms with Crippen molar-refractivity contribution in [2.45, 2.75) is 19.1 Å². The molecule has 1 aliphatic rings. The first-order valence-electron chi connectivity index (χ1n) is 11.1. The number of nitrogens with one attached hydrogen (secondary N) is 1. The molecule has 1 saturated heterocycles. The van der Waals surface area contributed by atoms with Gasteiger partial charge in [-0.05, 0) is 42.3 Å². The number of pyridine rings is 1. The van der Waals surface area contributed by atoms with Gasteiger partial charge in [0.05, 0.1) is 21.7 Å². The number of β-amino-alcohol motifs (C(OH)–C–C–N with tert-alkyl or cyclic N) is 1. The van der Waals surface area contributed by atoms with Crippen molar-refractivity contribution in [3.8, 4) is 11.1 Å². The van der Waals surface area contributed by atoms with Crippen LogP contribution in [0.2, 0.25) is 10.0 Å². The second-order valence-corrected chi connectivity index (χ2v) is 9.23. The van der Waals surface area contributed by atoms with Crippen LogP contribution in [0.25, 0.3) is 22.2 Å². The van der Waals surface area contributed by atoms with E-state index >= 15 is 0 Å². The van der Waals surface area contributed by atoms with E-state index in [0.29, 0.717) is 44.7 Å². The fourth-order valence-electron chi connectivity index (χ4n) is 4.32. The summed E-state index contributed by atoms with van der Waals surface area (Å²) in [6, 6.07) is 14.7. The van der Waals surface area contributed by atoms with Gasteiger partial charge in [-0.1, -0.05) is 41.4 Å². The van der Waals surface area contributed by atoms with E-state index in [1.54, 1.807) is 30.5 Å². The first-order chi connectivity index (χ1) is 16.9. The summed E-state index contributed by atoms with van der Waals surface area (Å²) in [6.45, 7) is 2.31. The van der Waals surface area contributed by atoms with Crippen LogP contribution in [-0.4, -0.2) is 51.0 Å². The van der Waals surface area contributed by atoms with E-state index in [1.165, 1.54) is 7.11 Å². The summed E-state index contributed by atoms with van der Waals surface area (Å²) in [5, 5.41) is 14.3. The Morgan fingerprint density at radius 2 is 1.94 bits per heavy atom. The lowest BCUT2D eigenvalue weighted by atomic mass is 10.1. The minimum absolute atomic E-state index is 0.254. The zero-order valence-corrected chi connectivity index (χ0v) is 20.4. The average molecular weight is 512 g/mol. The van der Waals surface area contributed by atoms with Crippen LogP contribution in [0.1, 0.15) is 12.0 Å². The molecule has 0 unspecified atom stereocenters. The smallest absolute Gasteiger partial charge is 0.293 e. The Bertz CT molecular complexity index is 1440. The van der Waals surface area contributed by atoms with Gasteiger partial charge in [0.1, 0.15) is 7.11 Å². The van der Waals surface area contributed by atoms with Gasteiger partial charge in [-0.15, -0.1) is 4.73 Å². The lowest BCUT2D eigenvalue weighted by Gasteiger charge is -2.16. The fourth-order valence-corrected chi connectivity index (χ4v) is 4.92. The Labute approximate surface area is 211 Å². The number of hydrogen-bond donors (Lipinski definition) is 2. The second kappa shape index (κ2) is 9.83. The Morgan fingerprint density at radius 1 is 1.17 bits per heavy atom. The molecular weight excluding hydrogens is 489 g/mol. The topological polar surface area (TPSA) is 92.5 Å². The monoisotopic (exact) mass is 511 g/mol. The maximum absolute atomic E-state index is 13.2. The van der Waals surface area contributed by atoms with Crippen LogP contribution < -0.4 is 15.7 Å². The Kier molecular flexibility index (Phi) is 6.62. The molecular formula is C25H23Cl2N5O3. The second-order valence-electron chi connectivity index (χ2n) is 8.41. The molecule has 3 heterocycles. The van der Waals surface area contributed by atoms with E-state index in [0.717, 1.165) is 35.5 Å². The number of halogens is 2. The van der Waals surface area contributed by atoms with E-state index < -0.39 is 5.56 Å². The van der Waals surface area contributed by atoms with Crippen LogP contribution >= 0.6 is 23.2 Å². The van der Waals surface area contributed by atoms with Gasteiger partial charge in [0.2, 0.25) is 5.95 Å².